The van der Waals surface area contributed by atoms with Gasteiger partial charge in [0.1, 0.15) is 5.75 Å². The lowest BCUT2D eigenvalue weighted by Crippen LogP contribution is -2.41. The number of carbonyl (C=O) groups is 1. The SMILES string of the molecule is COc1ccc2nccc(CCC[C@@H]3CCN(CCCCc4c(Cl)cccc4Cl)C[C@@H]3CCC(=O)O)c2c1. The zero-order valence-electron chi connectivity index (χ0n) is 22.2. The number of hydrogen-bond donors (Lipinski definition) is 1. The van der Waals surface area contributed by atoms with Crippen LogP contribution in [0.15, 0.2) is 48.7 Å². The van der Waals surface area contributed by atoms with Crippen molar-refractivity contribution in [3.05, 3.63) is 69.8 Å². The number of rotatable bonds is 13. The van der Waals surface area contributed by atoms with Gasteiger partial charge in [0.25, 0.3) is 0 Å². The predicted octanol–water partition coefficient (Wildman–Crippen LogP) is 7.70. The van der Waals surface area contributed by atoms with Crippen LogP contribution in [0.1, 0.15) is 56.1 Å². The summed E-state index contributed by atoms with van der Waals surface area (Å²) in [4.78, 5) is 18.4. The number of ether oxygens (including phenoxy) is 1. The lowest BCUT2D eigenvalue weighted by molar-refractivity contribution is -0.137. The van der Waals surface area contributed by atoms with Gasteiger partial charge in [0.05, 0.1) is 12.6 Å². The van der Waals surface area contributed by atoms with Gasteiger partial charge in [0.15, 0.2) is 0 Å². The van der Waals surface area contributed by atoms with E-state index in [0.29, 0.717) is 11.8 Å². The highest BCUT2D eigenvalue weighted by atomic mass is 35.5. The molecule has 204 valence electrons. The van der Waals surface area contributed by atoms with Gasteiger partial charge in [-0.15, -0.1) is 0 Å². The number of hydrogen-bond acceptors (Lipinski definition) is 4. The molecule has 4 rings (SSSR count). The fraction of sp³-hybridized carbons (Fsp3) is 0.484. The van der Waals surface area contributed by atoms with Gasteiger partial charge in [-0.1, -0.05) is 29.3 Å². The third-order valence-corrected chi connectivity index (χ3v) is 8.69. The summed E-state index contributed by atoms with van der Waals surface area (Å²) in [5, 5.41) is 12.0. The van der Waals surface area contributed by atoms with Crippen LogP contribution in [0.4, 0.5) is 0 Å². The van der Waals surface area contributed by atoms with Crippen LogP contribution in [0.25, 0.3) is 10.9 Å². The van der Waals surface area contributed by atoms with Crippen molar-refractivity contribution in [2.24, 2.45) is 11.8 Å². The number of likely N-dealkylation sites (tertiary alicyclic amines) is 1. The van der Waals surface area contributed by atoms with Crippen molar-refractivity contribution >= 4 is 40.1 Å². The molecule has 0 bridgehead atoms. The molecule has 1 saturated heterocycles. The summed E-state index contributed by atoms with van der Waals surface area (Å²) < 4.78 is 5.42. The number of methoxy groups -OCH3 is 1. The minimum Gasteiger partial charge on any atom is -0.497 e. The minimum atomic E-state index is -0.699. The zero-order valence-corrected chi connectivity index (χ0v) is 23.7. The molecule has 0 aliphatic carbocycles. The standard InChI is InChI=1S/C31H38Cl2N2O3/c1-38-25-12-13-30-27(20-25)23(15-17-34-30)7-4-6-22-16-19-35(21-24(22)11-14-31(36)37)18-3-2-8-26-28(32)9-5-10-29(26)33/h5,9-10,12-13,15,17,20,22,24H,2-4,6-8,11,14,16,18-19,21H2,1H3,(H,36,37)/t22-,24+/m1/s1. The molecule has 2 atom stereocenters. The first-order valence-electron chi connectivity index (χ1n) is 13.7. The average Bonchev–Trinajstić information content (AvgIpc) is 2.91. The summed E-state index contributed by atoms with van der Waals surface area (Å²) in [5.41, 5.74) is 3.33. The molecule has 0 saturated carbocycles. The summed E-state index contributed by atoms with van der Waals surface area (Å²) in [6.45, 7) is 3.10. The van der Waals surface area contributed by atoms with Crippen molar-refractivity contribution in [3.63, 3.8) is 0 Å². The molecular formula is C31H38Cl2N2O3. The highest BCUT2D eigenvalue weighted by molar-refractivity contribution is 6.35. The maximum Gasteiger partial charge on any atom is 0.303 e. The van der Waals surface area contributed by atoms with Crippen LogP contribution in [0, 0.1) is 11.8 Å². The molecule has 0 radical (unpaired) electrons. The quantitative estimate of drug-likeness (QED) is 0.218. The van der Waals surface area contributed by atoms with E-state index in [1.54, 1.807) is 7.11 Å². The molecule has 2 heterocycles. The smallest absolute Gasteiger partial charge is 0.303 e. The number of carboxylic acid groups (broad SMARTS) is 1. The Balaban J connectivity index is 1.29. The normalized spacial score (nSPS) is 18.1. The molecule has 5 nitrogen and oxygen atoms in total. The predicted molar refractivity (Wildman–Crippen MR) is 156 cm³/mol. The molecule has 38 heavy (non-hydrogen) atoms. The largest absolute Gasteiger partial charge is 0.497 e. The van der Waals surface area contributed by atoms with Gasteiger partial charge in [-0.25, -0.2) is 0 Å². The van der Waals surface area contributed by atoms with E-state index in [0.717, 1.165) is 103 Å². The molecule has 1 aliphatic rings. The maximum absolute atomic E-state index is 11.4. The van der Waals surface area contributed by atoms with E-state index in [9.17, 15) is 9.90 Å². The average molecular weight is 558 g/mol. The Morgan fingerprint density at radius 1 is 1.05 bits per heavy atom. The zero-order chi connectivity index (χ0) is 26.9. The molecule has 2 aromatic carbocycles. The number of unbranched alkanes of at least 4 members (excludes halogenated alkanes) is 1. The Labute approximate surface area is 236 Å². The van der Waals surface area contributed by atoms with Crippen molar-refractivity contribution in [3.8, 4) is 5.75 Å². The molecule has 1 N–H and O–H groups in total. The van der Waals surface area contributed by atoms with E-state index in [-0.39, 0.29) is 6.42 Å². The maximum atomic E-state index is 11.4. The molecular weight excluding hydrogens is 519 g/mol. The van der Waals surface area contributed by atoms with Crippen molar-refractivity contribution < 1.29 is 14.6 Å². The fourth-order valence-corrected chi connectivity index (χ4v) is 6.45. The molecule has 1 aromatic heterocycles. The van der Waals surface area contributed by atoms with Crippen molar-refractivity contribution in [1.29, 1.82) is 0 Å². The van der Waals surface area contributed by atoms with E-state index in [1.807, 2.05) is 36.5 Å². The fourth-order valence-electron chi connectivity index (χ4n) is 5.87. The van der Waals surface area contributed by atoms with E-state index >= 15 is 0 Å². The van der Waals surface area contributed by atoms with Crippen LogP contribution in [0.5, 0.6) is 5.75 Å². The Morgan fingerprint density at radius 2 is 1.87 bits per heavy atom. The van der Waals surface area contributed by atoms with E-state index < -0.39 is 5.97 Å². The van der Waals surface area contributed by atoms with Gasteiger partial charge >= 0.3 is 5.97 Å². The minimum absolute atomic E-state index is 0.245. The lowest BCUT2D eigenvalue weighted by Gasteiger charge is -2.39. The van der Waals surface area contributed by atoms with E-state index in [1.165, 1.54) is 5.56 Å². The first kappa shape index (κ1) is 28.7. The number of nitrogens with zero attached hydrogens (tertiary/aromatic N) is 2. The van der Waals surface area contributed by atoms with Crippen molar-refractivity contribution in [2.75, 3.05) is 26.7 Å². The third kappa shape index (κ3) is 7.84. The van der Waals surface area contributed by atoms with E-state index in [2.05, 4.69) is 22.0 Å². The number of aliphatic carboxylic acids is 1. The summed E-state index contributed by atoms with van der Waals surface area (Å²) in [5.74, 6) is 1.14. The van der Waals surface area contributed by atoms with Crippen LogP contribution in [-0.4, -0.2) is 47.7 Å². The Kier molecular flexibility index (Phi) is 10.7. The van der Waals surface area contributed by atoms with Crippen molar-refractivity contribution in [1.82, 2.24) is 9.88 Å². The number of aromatic nitrogens is 1. The number of piperidine rings is 1. The highest BCUT2D eigenvalue weighted by Crippen LogP contribution is 2.33. The molecule has 1 aliphatic heterocycles. The molecule has 3 aromatic rings. The Morgan fingerprint density at radius 3 is 2.63 bits per heavy atom. The number of pyridine rings is 1. The van der Waals surface area contributed by atoms with E-state index in [4.69, 9.17) is 27.9 Å². The number of aryl methyl sites for hydroxylation is 1. The van der Waals surface area contributed by atoms with Gasteiger partial charge in [0, 0.05) is 34.6 Å². The lowest BCUT2D eigenvalue weighted by atomic mass is 9.79. The second-order valence-corrected chi connectivity index (χ2v) is 11.3. The molecule has 0 unspecified atom stereocenters. The highest BCUT2D eigenvalue weighted by Gasteiger charge is 2.29. The topological polar surface area (TPSA) is 62.7 Å². The monoisotopic (exact) mass is 556 g/mol. The number of fused-ring (bicyclic) bond motifs is 1. The van der Waals surface area contributed by atoms with Gasteiger partial charge in [-0.05, 0) is 124 Å². The van der Waals surface area contributed by atoms with Crippen LogP contribution >= 0.6 is 23.2 Å². The first-order chi connectivity index (χ1) is 18.4. The van der Waals surface area contributed by atoms with Gasteiger partial charge in [-0.2, -0.15) is 0 Å². The number of carboxylic acids is 1. The third-order valence-electron chi connectivity index (χ3n) is 7.98. The Hall–Kier alpha value is -2.34. The van der Waals surface area contributed by atoms with Crippen LogP contribution in [0.2, 0.25) is 10.0 Å². The second kappa shape index (κ2) is 14.2. The van der Waals surface area contributed by atoms with Crippen LogP contribution in [0.3, 0.4) is 0 Å². The molecule has 1 fully saturated rings. The van der Waals surface area contributed by atoms with Crippen LogP contribution < -0.4 is 4.74 Å². The molecule has 7 heteroatoms. The summed E-state index contributed by atoms with van der Waals surface area (Å²) >= 11 is 12.6. The molecule has 0 amide bonds. The molecule has 0 spiro atoms. The van der Waals surface area contributed by atoms with Gasteiger partial charge in [-0.3, -0.25) is 9.78 Å². The summed E-state index contributed by atoms with van der Waals surface area (Å²) in [7, 11) is 1.69. The Bertz CT molecular complexity index is 1200. The van der Waals surface area contributed by atoms with Gasteiger partial charge < -0.3 is 14.7 Å². The van der Waals surface area contributed by atoms with Gasteiger partial charge in [0.2, 0.25) is 0 Å². The number of benzene rings is 2. The first-order valence-corrected chi connectivity index (χ1v) is 14.5. The van der Waals surface area contributed by atoms with Crippen molar-refractivity contribution in [2.45, 2.75) is 57.8 Å². The second-order valence-electron chi connectivity index (χ2n) is 10.4. The van der Waals surface area contributed by atoms with Crippen LogP contribution in [-0.2, 0) is 17.6 Å². The number of halogens is 2. The summed E-state index contributed by atoms with van der Waals surface area (Å²) in [6.07, 6.45) is 10.2. The summed E-state index contributed by atoms with van der Waals surface area (Å²) in [6, 6.07) is 13.8.